The molecule has 51 heavy (non-hydrogen) atoms. The van der Waals surface area contributed by atoms with Crippen LogP contribution in [0.3, 0.4) is 0 Å². The van der Waals surface area contributed by atoms with Gasteiger partial charge in [0.2, 0.25) is 11.8 Å². The Morgan fingerprint density at radius 2 is 1.20 bits per heavy atom. The maximum Gasteiger partial charge on any atom is 0.407 e. The molecule has 14 nitrogen and oxygen atoms in total. The molecule has 0 saturated carbocycles. The summed E-state index contributed by atoms with van der Waals surface area (Å²) in [5.74, 6) is 13.0. The first-order chi connectivity index (χ1) is 24.4. The van der Waals surface area contributed by atoms with Gasteiger partial charge in [0.15, 0.2) is 0 Å². The van der Waals surface area contributed by atoms with Gasteiger partial charge in [0.05, 0.1) is 31.6 Å². The fourth-order valence-corrected chi connectivity index (χ4v) is 6.39. The average molecular weight is 697 g/mol. The van der Waals surface area contributed by atoms with Crippen molar-refractivity contribution in [3.8, 4) is 23.7 Å². The van der Waals surface area contributed by atoms with Crippen LogP contribution in [0.5, 0.6) is 0 Å². The number of hydrogen-bond donors (Lipinski definition) is 5. The Balaban J connectivity index is 1.20. The van der Waals surface area contributed by atoms with E-state index in [1.54, 1.807) is 22.2 Å². The van der Waals surface area contributed by atoms with Crippen molar-refractivity contribution in [3.63, 3.8) is 0 Å². The number of aromatic amines is 2. The molecule has 3 aromatic rings. The summed E-state index contributed by atoms with van der Waals surface area (Å²) in [4.78, 5) is 68.7. The molecule has 0 spiro atoms. The van der Waals surface area contributed by atoms with Gasteiger partial charge < -0.3 is 40.2 Å². The number of nitrogens with zero attached hydrogens (tertiary/aromatic N) is 4. The zero-order valence-electron chi connectivity index (χ0n) is 29.4. The summed E-state index contributed by atoms with van der Waals surface area (Å²) in [5.41, 5.74) is 2.80. The smallest absolute Gasteiger partial charge is 0.407 e. The largest absolute Gasteiger partial charge is 0.465 e. The molecule has 5 N–H and O–H groups in total. The van der Waals surface area contributed by atoms with Crippen LogP contribution in [-0.4, -0.2) is 91.1 Å². The summed E-state index contributed by atoms with van der Waals surface area (Å²) in [5, 5.41) is 14.2. The molecule has 14 heteroatoms. The van der Waals surface area contributed by atoms with Crippen molar-refractivity contribution in [2.75, 3.05) is 20.2 Å². The summed E-state index contributed by atoms with van der Waals surface area (Å²) in [6.07, 6.45) is 4.52. The van der Waals surface area contributed by atoms with Gasteiger partial charge in [0, 0.05) is 24.2 Å². The van der Waals surface area contributed by atoms with Gasteiger partial charge >= 0.3 is 12.2 Å². The lowest BCUT2D eigenvalue weighted by atomic mass is 10.0. The number of methoxy groups -OCH3 is 1. The zero-order chi connectivity index (χ0) is 36.7. The lowest BCUT2D eigenvalue weighted by molar-refractivity contribution is -0.136. The van der Waals surface area contributed by atoms with Crippen LogP contribution >= 0.6 is 0 Å². The molecule has 5 rings (SSSR count). The number of ether oxygens (including phenoxy) is 1. The first kappa shape index (κ1) is 36.5. The molecule has 2 saturated heterocycles. The highest BCUT2D eigenvalue weighted by Gasteiger charge is 2.38. The van der Waals surface area contributed by atoms with Gasteiger partial charge in [-0.3, -0.25) is 9.59 Å². The molecule has 4 unspecified atom stereocenters. The summed E-state index contributed by atoms with van der Waals surface area (Å²) in [7, 11) is 1.27. The van der Waals surface area contributed by atoms with Crippen molar-refractivity contribution in [3.05, 3.63) is 70.8 Å². The van der Waals surface area contributed by atoms with Gasteiger partial charge in [0.1, 0.15) is 35.1 Å². The van der Waals surface area contributed by atoms with Gasteiger partial charge in [-0.05, 0) is 73.6 Å². The topological polar surface area (TPSA) is 186 Å². The van der Waals surface area contributed by atoms with Gasteiger partial charge in [-0.15, -0.1) is 0 Å². The molecule has 0 bridgehead atoms. The molecule has 4 amide bonds. The van der Waals surface area contributed by atoms with Crippen LogP contribution in [0, 0.1) is 35.5 Å². The molecular weight excluding hydrogens is 652 g/mol. The lowest BCUT2D eigenvalue weighted by Crippen LogP contribution is -2.51. The number of amides is 4. The fourth-order valence-electron chi connectivity index (χ4n) is 6.39. The van der Waals surface area contributed by atoms with Crippen molar-refractivity contribution < 1.29 is 29.0 Å². The maximum atomic E-state index is 13.4. The number of benzene rings is 1. The molecule has 0 radical (unpaired) electrons. The summed E-state index contributed by atoms with van der Waals surface area (Å²) in [6, 6.07) is 5.46. The molecule has 0 aliphatic carbocycles. The van der Waals surface area contributed by atoms with Gasteiger partial charge in [0.25, 0.3) is 0 Å². The third-order valence-corrected chi connectivity index (χ3v) is 9.07. The molecule has 268 valence electrons. The van der Waals surface area contributed by atoms with Crippen LogP contribution in [0.4, 0.5) is 9.59 Å². The molecular formula is C37H44N8O6. The van der Waals surface area contributed by atoms with E-state index in [1.807, 2.05) is 52.0 Å². The lowest BCUT2D eigenvalue weighted by Gasteiger charge is -2.29. The number of carboxylic acid groups (broad SMARTS) is 1. The number of alkyl carbamates (subject to hydrolysis) is 1. The highest BCUT2D eigenvalue weighted by molar-refractivity contribution is 5.87. The number of rotatable bonds is 8. The predicted octanol–water partition coefficient (Wildman–Crippen LogP) is 3.93. The Bertz CT molecular complexity index is 1860. The van der Waals surface area contributed by atoms with Crippen molar-refractivity contribution in [2.24, 2.45) is 11.8 Å². The van der Waals surface area contributed by atoms with Crippen LogP contribution < -0.4 is 10.6 Å². The average Bonchev–Trinajstić information content (AvgIpc) is 3.93. The van der Waals surface area contributed by atoms with Crippen molar-refractivity contribution >= 4 is 24.0 Å². The minimum Gasteiger partial charge on any atom is -0.465 e. The highest BCUT2D eigenvalue weighted by atomic mass is 16.5. The first-order valence-corrected chi connectivity index (χ1v) is 17.1. The monoisotopic (exact) mass is 696 g/mol. The number of hydrogen-bond acceptors (Lipinski definition) is 7. The number of imidazole rings is 2. The Hall–Kier alpha value is -5.76. The van der Waals surface area contributed by atoms with Crippen molar-refractivity contribution in [1.82, 2.24) is 40.4 Å². The first-order valence-electron chi connectivity index (χ1n) is 17.1. The van der Waals surface area contributed by atoms with Gasteiger partial charge in [-0.1, -0.05) is 39.5 Å². The molecule has 2 aliphatic heterocycles. The number of aromatic nitrogens is 4. The maximum absolute atomic E-state index is 13.4. The van der Waals surface area contributed by atoms with Crippen LogP contribution in [-0.2, 0) is 14.3 Å². The normalized spacial score (nSPS) is 18.0. The molecule has 4 heterocycles. The van der Waals surface area contributed by atoms with Crippen molar-refractivity contribution in [1.29, 1.82) is 0 Å². The van der Waals surface area contributed by atoms with E-state index in [1.165, 1.54) is 7.11 Å². The number of carbonyl (C=O) groups excluding carboxylic acids is 3. The second kappa shape index (κ2) is 16.3. The van der Waals surface area contributed by atoms with E-state index < -0.39 is 24.3 Å². The van der Waals surface area contributed by atoms with Crippen molar-refractivity contribution in [2.45, 2.75) is 77.5 Å². The van der Waals surface area contributed by atoms with Gasteiger partial charge in [-0.2, -0.15) is 0 Å². The van der Waals surface area contributed by atoms with E-state index in [0.29, 0.717) is 36.1 Å². The molecule has 4 atom stereocenters. The molecule has 2 aromatic heterocycles. The summed E-state index contributed by atoms with van der Waals surface area (Å²) in [6.45, 7) is 8.48. The molecule has 2 aliphatic rings. The third-order valence-electron chi connectivity index (χ3n) is 9.07. The van der Waals surface area contributed by atoms with E-state index >= 15 is 0 Å². The van der Waals surface area contributed by atoms with Crippen LogP contribution in [0.1, 0.15) is 99.6 Å². The fraction of sp³-hybridized carbons (Fsp3) is 0.459. The second-order valence-electron chi connectivity index (χ2n) is 13.3. The Morgan fingerprint density at radius 3 is 1.59 bits per heavy atom. The third kappa shape index (κ3) is 8.89. The Morgan fingerprint density at radius 1 is 0.765 bits per heavy atom. The predicted molar refractivity (Wildman–Crippen MR) is 187 cm³/mol. The molecule has 2 fully saturated rings. The standard InChI is InChI=1S/C37H44N8O6/c1-22(2)30(42-36(48)49)34(46)44-18-6-8-28(44)32-38-20-26(40-32)16-14-24-10-12-25(13-11-24)15-17-27-21-39-33(41-27)29-9-7-19-45(29)35(47)31(23(3)4)43-37(50)51-5/h10-13,20-23,28-31,42H,6-9,18-19H2,1-5H3,(H,38,40)(H,39,41)(H,43,50)(H,48,49). The second-order valence-corrected chi connectivity index (χ2v) is 13.3. The van der Waals surface area contributed by atoms with Crippen LogP contribution in [0.2, 0.25) is 0 Å². The van der Waals surface area contributed by atoms with E-state index in [0.717, 1.165) is 36.8 Å². The minimum absolute atomic E-state index is 0.118. The Labute approximate surface area is 297 Å². The van der Waals surface area contributed by atoms with Gasteiger partial charge in [-0.25, -0.2) is 19.6 Å². The number of H-pyrrole nitrogens is 2. The van der Waals surface area contributed by atoms with Crippen LogP contribution in [0.15, 0.2) is 36.7 Å². The number of carbonyl (C=O) groups is 4. The van der Waals surface area contributed by atoms with E-state index in [-0.39, 0.29) is 35.7 Å². The Kier molecular flexibility index (Phi) is 11.7. The minimum atomic E-state index is -1.23. The van der Waals surface area contributed by atoms with E-state index in [9.17, 15) is 24.3 Å². The summed E-state index contributed by atoms with van der Waals surface area (Å²) < 4.78 is 4.71. The number of nitrogens with one attached hydrogen (secondary N) is 4. The SMILES string of the molecule is COC(=O)NC(C(=O)N1CCCC1c1ncc(C#Cc2ccc(C#Cc3cnc(C4CCCN4C(=O)C(NC(=O)O)C(C)C)[nH]3)cc2)[nH]1)C(C)C. The van der Waals surface area contributed by atoms with Crippen LogP contribution in [0.25, 0.3) is 0 Å². The summed E-state index contributed by atoms with van der Waals surface area (Å²) >= 11 is 0. The van der Waals surface area contributed by atoms with E-state index in [2.05, 4.69) is 54.3 Å². The zero-order valence-corrected chi connectivity index (χ0v) is 29.4. The number of likely N-dealkylation sites (tertiary alicyclic amines) is 2. The highest BCUT2D eigenvalue weighted by Crippen LogP contribution is 2.32. The van der Waals surface area contributed by atoms with E-state index in [4.69, 9.17) is 4.74 Å². The quantitative estimate of drug-likeness (QED) is 0.219. The molecule has 1 aromatic carbocycles.